The Hall–Kier alpha value is -3.66. The molecule has 3 rings (SSSR count). The van der Waals surface area contributed by atoms with Gasteiger partial charge in [0, 0.05) is 24.4 Å². The topological polar surface area (TPSA) is 112 Å². The van der Waals surface area contributed by atoms with Gasteiger partial charge in [0.2, 0.25) is 5.91 Å². The smallest absolute Gasteiger partial charge is 0.269 e. The maximum atomic E-state index is 12.3. The standard InChI is InChI=1S/C22H23N5O4S/c1-4-12-26-19(13-31-21-15(2)6-5-7-16(21)3)24-25-22(26)32-14-20(28)23-17-8-10-18(11-9-17)27(29)30/h4-11H,1,12-14H2,2-3H3,(H,23,28). The molecule has 1 amide bonds. The molecule has 0 bridgehead atoms. The molecule has 1 N–H and O–H groups in total. The van der Waals surface area contributed by atoms with Gasteiger partial charge in [0.15, 0.2) is 11.0 Å². The number of para-hydroxylation sites is 1. The molecule has 1 heterocycles. The van der Waals surface area contributed by atoms with Crippen LogP contribution in [0.5, 0.6) is 5.75 Å². The van der Waals surface area contributed by atoms with Crippen molar-refractivity contribution < 1.29 is 14.5 Å². The summed E-state index contributed by atoms with van der Waals surface area (Å²) >= 11 is 1.24. The third-order valence-electron chi connectivity index (χ3n) is 4.55. The monoisotopic (exact) mass is 453 g/mol. The van der Waals surface area contributed by atoms with Crippen LogP contribution in [0, 0.1) is 24.0 Å². The number of nitro groups is 1. The molecule has 166 valence electrons. The van der Waals surface area contributed by atoms with E-state index in [9.17, 15) is 14.9 Å². The van der Waals surface area contributed by atoms with Gasteiger partial charge in [0.25, 0.3) is 5.69 Å². The number of hydrogen-bond donors (Lipinski definition) is 1. The lowest BCUT2D eigenvalue weighted by molar-refractivity contribution is -0.384. The number of carbonyl (C=O) groups is 1. The van der Waals surface area contributed by atoms with Crippen molar-refractivity contribution in [2.45, 2.75) is 32.2 Å². The van der Waals surface area contributed by atoms with E-state index >= 15 is 0 Å². The fraction of sp³-hybridized carbons (Fsp3) is 0.227. The molecule has 3 aromatic rings. The van der Waals surface area contributed by atoms with Gasteiger partial charge < -0.3 is 10.1 Å². The van der Waals surface area contributed by atoms with Gasteiger partial charge in [-0.05, 0) is 37.1 Å². The molecule has 0 saturated heterocycles. The van der Waals surface area contributed by atoms with Crippen LogP contribution >= 0.6 is 11.8 Å². The first kappa shape index (κ1) is 23.0. The van der Waals surface area contributed by atoms with Gasteiger partial charge in [-0.1, -0.05) is 36.0 Å². The molecule has 2 aromatic carbocycles. The molecule has 1 aromatic heterocycles. The number of non-ortho nitro benzene ring substituents is 1. The number of rotatable bonds is 10. The van der Waals surface area contributed by atoms with E-state index in [2.05, 4.69) is 22.1 Å². The number of carbonyl (C=O) groups excluding carboxylic acids is 1. The second-order valence-electron chi connectivity index (χ2n) is 6.95. The number of aryl methyl sites for hydroxylation is 2. The Morgan fingerprint density at radius 1 is 1.22 bits per heavy atom. The van der Waals surface area contributed by atoms with E-state index in [1.807, 2.05) is 36.6 Å². The second kappa shape index (κ2) is 10.6. The summed E-state index contributed by atoms with van der Waals surface area (Å²) < 4.78 is 7.84. The third-order valence-corrected chi connectivity index (χ3v) is 5.52. The number of nitrogens with zero attached hydrogens (tertiary/aromatic N) is 4. The highest BCUT2D eigenvalue weighted by Gasteiger charge is 2.15. The van der Waals surface area contributed by atoms with E-state index in [0.717, 1.165) is 16.9 Å². The molecule has 0 aliphatic heterocycles. The molecule has 0 saturated carbocycles. The summed E-state index contributed by atoms with van der Waals surface area (Å²) in [7, 11) is 0. The lowest BCUT2D eigenvalue weighted by Gasteiger charge is -2.12. The minimum Gasteiger partial charge on any atom is -0.485 e. The van der Waals surface area contributed by atoms with Crippen molar-refractivity contribution in [3.05, 3.63) is 82.2 Å². The number of allylic oxidation sites excluding steroid dienone is 1. The molecular weight excluding hydrogens is 430 g/mol. The highest BCUT2D eigenvalue weighted by Crippen LogP contribution is 2.24. The quantitative estimate of drug-likeness (QED) is 0.211. The molecule has 0 aliphatic carbocycles. The average Bonchev–Trinajstić information content (AvgIpc) is 3.14. The summed E-state index contributed by atoms with van der Waals surface area (Å²) in [4.78, 5) is 22.5. The minimum absolute atomic E-state index is 0.0365. The zero-order valence-electron chi connectivity index (χ0n) is 17.8. The van der Waals surface area contributed by atoms with E-state index in [1.54, 1.807) is 6.08 Å². The molecule has 0 spiro atoms. The van der Waals surface area contributed by atoms with Crippen LogP contribution < -0.4 is 10.1 Å². The molecule has 9 nitrogen and oxygen atoms in total. The van der Waals surface area contributed by atoms with Crippen molar-refractivity contribution >= 4 is 29.0 Å². The van der Waals surface area contributed by atoms with Crippen molar-refractivity contribution in [2.75, 3.05) is 11.1 Å². The van der Waals surface area contributed by atoms with Gasteiger partial charge in [-0.3, -0.25) is 19.5 Å². The summed E-state index contributed by atoms with van der Waals surface area (Å²) in [5.41, 5.74) is 2.52. The number of amides is 1. The minimum atomic E-state index is -0.490. The molecule has 10 heteroatoms. The molecule has 0 radical (unpaired) electrons. The predicted octanol–water partition coefficient (Wildman–Crippen LogP) is 4.30. The van der Waals surface area contributed by atoms with E-state index in [1.165, 1.54) is 36.0 Å². The van der Waals surface area contributed by atoms with Gasteiger partial charge >= 0.3 is 0 Å². The maximum Gasteiger partial charge on any atom is 0.269 e. The van der Waals surface area contributed by atoms with E-state index in [-0.39, 0.29) is 24.0 Å². The predicted molar refractivity (Wildman–Crippen MR) is 123 cm³/mol. The van der Waals surface area contributed by atoms with E-state index in [4.69, 9.17) is 4.74 Å². The number of benzene rings is 2. The molecular formula is C22H23N5O4S. The van der Waals surface area contributed by atoms with Crippen LogP contribution in [0.1, 0.15) is 17.0 Å². The average molecular weight is 454 g/mol. The summed E-state index contributed by atoms with van der Waals surface area (Å²) in [6, 6.07) is 11.6. The van der Waals surface area contributed by atoms with Crippen LogP contribution in [0.25, 0.3) is 0 Å². The van der Waals surface area contributed by atoms with Crippen LogP contribution in [-0.2, 0) is 17.9 Å². The number of nitro benzene ring substituents is 1. The molecule has 0 aliphatic rings. The molecule has 0 atom stereocenters. The maximum absolute atomic E-state index is 12.3. The summed E-state index contributed by atoms with van der Waals surface area (Å²) in [5, 5.41) is 22.4. The summed E-state index contributed by atoms with van der Waals surface area (Å²) in [6.07, 6.45) is 1.73. The van der Waals surface area contributed by atoms with Gasteiger partial charge in [-0.25, -0.2) is 0 Å². The Morgan fingerprint density at radius 3 is 2.53 bits per heavy atom. The number of nitrogens with one attached hydrogen (secondary N) is 1. The first-order valence-electron chi connectivity index (χ1n) is 9.78. The highest BCUT2D eigenvalue weighted by molar-refractivity contribution is 7.99. The van der Waals surface area contributed by atoms with Gasteiger partial charge in [-0.2, -0.15) is 0 Å². The first-order valence-corrected chi connectivity index (χ1v) is 10.8. The zero-order chi connectivity index (χ0) is 23.1. The lowest BCUT2D eigenvalue weighted by atomic mass is 10.1. The Morgan fingerprint density at radius 2 is 1.91 bits per heavy atom. The molecule has 32 heavy (non-hydrogen) atoms. The second-order valence-corrected chi connectivity index (χ2v) is 7.89. The fourth-order valence-corrected chi connectivity index (χ4v) is 3.77. The Bertz CT molecular complexity index is 1110. The van der Waals surface area contributed by atoms with Crippen molar-refractivity contribution in [3.8, 4) is 5.75 Å². The number of ether oxygens (including phenoxy) is 1. The number of aromatic nitrogens is 3. The summed E-state index contributed by atoms with van der Waals surface area (Å²) in [5.74, 6) is 1.29. The van der Waals surface area contributed by atoms with Crippen molar-refractivity contribution in [3.63, 3.8) is 0 Å². The van der Waals surface area contributed by atoms with Crippen molar-refractivity contribution in [1.29, 1.82) is 0 Å². The van der Waals surface area contributed by atoms with E-state index in [0.29, 0.717) is 23.2 Å². The Balaban J connectivity index is 1.62. The SMILES string of the molecule is C=CCn1c(COc2c(C)cccc2C)nnc1SCC(=O)Nc1ccc([N+](=O)[O-])cc1. The van der Waals surface area contributed by atoms with Crippen LogP contribution in [0.15, 0.2) is 60.3 Å². The normalized spacial score (nSPS) is 10.6. The molecule has 0 fully saturated rings. The number of anilines is 1. The lowest BCUT2D eigenvalue weighted by Crippen LogP contribution is -2.15. The van der Waals surface area contributed by atoms with Crippen molar-refractivity contribution in [2.24, 2.45) is 0 Å². The van der Waals surface area contributed by atoms with Crippen molar-refractivity contribution in [1.82, 2.24) is 14.8 Å². The van der Waals surface area contributed by atoms with E-state index < -0.39 is 4.92 Å². The number of hydrogen-bond acceptors (Lipinski definition) is 7. The third kappa shape index (κ3) is 5.73. The fourth-order valence-electron chi connectivity index (χ4n) is 3.00. The largest absolute Gasteiger partial charge is 0.485 e. The Kier molecular flexibility index (Phi) is 7.61. The Labute approximate surface area is 189 Å². The van der Waals surface area contributed by atoms with Crippen LogP contribution in [-0.4, -0.2) is 31.3 Å². The first-order chi connectivity index (χ1) is 15.4. The van der Waals surface area contributed by atoms with Gasteiger partial charge in [0.1, 0.15) is 12.4 Å². The van der Waals surface area contributed by atoms with Gasteiger partial charge in [0.05, 0.1) is 10.7 Å². The highest BCUT2D eigenvalue weighted by atomic mass is 32.2. The van der Waals surface area contributed by atoms with Crippen LogP contribution in [0.2, 0.25) is 0 Å². The van der Waals surface area contributed by atoms with Crippen LogP contribution in [0.4, 0.5) is 11.4 Å². The van der Waals surface area contributed by atoms with Gasteiger partial charge in [-0.15, -0.1) is 16.8 Å². The summed E-state index contributed by atoms with van der Waals surface area (Å²) in [6.45, 7) is 8.47. The number of thioether (sulfide) groups is 1. The van der Waals surface area contributed by atoms with Crippen LogP contribution in [0.3, 0.4) is 0 Å². The zero-order valence-corrected chi connectivity index (χ0v) is 18.6. The molecule has 0 unspecified atom stereocenters.